The Labute approximate surface area is 82.5 Å². The molecule has 1 nitrogen and oxygen atoms in total. The van der Waals surface area contributed by atoms with Crippen LogP contribution in [0.5, 0.6) is 0 Å². The molecule has 0 aromatic heterocycles. The van der Waals surface area contributed by atoms with Crippen molar-refractivity contribution in [1.29, 1.82) is 0 Å². The second kappa shape index (κ2) is 2.50. The molecule has 1 spiro atoms. The molecule has 0 radical (unpaired) electrons. The number of hydrogen-bond donors (Lipinski definition) is 0. The fraction of sp³-hybridized carbons (Fsp3) is 1.00. The minimum atomic E-state index is 0.533. The Morgan fingerprint density at radius 2 is 1.85 bits per heavy atom. The van der Waals surface area contributed by atoms with Crippen LogP contribution in [-0.2, 0) is 0 Å². The SMILES string of the molecule is CC1CC2(CC2C(C)(C)C)CN1C. The summed E-state index contributed by atoms with van der Waals surface area (Å²) in [6.45, 7) is 10.9. The molecule has 0 bridgehead atoms. The lowest BCUT2D eigenvalue weighted by atomic mass is 9.84. The van der Waals surface area contributed by atoms with E-state index in [1.165, 1.54) is 19.4 Å². The summed E-state index contributed by atoms with van der Waals surface area (Å²) in [4.78, 5) is 2.53. The van der Waals surface area contributed by atoms with Crippen molar-refractivity contribution in [2.24, 2.45) is 16.7 Å². The van der Waals surface area contributed by atoms with Crippen molar-refractivity contribution in [3.63, 3.8) is 0 Å². The largest absolute Gasteiger partial charge is 0.303 e. The summed E-state index contributed by atoms with van der Waals surface area (Å²) in [6, 6.07) is 0.812. The third kappa shape index (κ3) is 1.41. The van der Waals surface area contributed by atoms with Crippen LogP contribution in [-0.4, -0.2) is 24.5 Å². The summed E-state index contributed by atoms with van der Waals surface area (Å²) < 4.78 is 0. The van der Waals surface area contributed by atoms with Crippen LogP contribution in [0.4, 0.5) is 0 Å². The van der Waals surface area contributed by atoms with Crippen LogP contribution in [0, 0.1) is 16.7 Å². The lowest BCUT2D eigenvalue weighted by molar-refractivity contribution is 0.273. The molecule has 76 valence electrons. The predicted octanol–water partition coefficient (Wildman–Crippen LogP) is 2.76. The fourth-order valence-electron chi connectivity index (χ4n) is 3.43. The molecule has 1 saturated carbocycles. The fourth-order valence-corrected chi connectivity index (χ4v) is 3.43. The van der Waals surface area contributed by atoms with Gasteiger partial charge in [0, 0.05) is 12.6 Å². The zero-order valence-electron chi connectivity index (χ0n) is 9.72. The monoisotopic (exact) mass is 181 g/mol. The zero-order chi connectivity index (χ0) is 9.85. The molecule has 1 saturated heterocycles. The average molecular weight is 181 g/mol. The third-order valence-electron chi connectivity index (χ3n) is 4.25. The number of rotatable bonds is 0. The third-order valence-corrected chi connectivity index (χ3v) is 4.25. The topological polar surface area (TPSA) is 3.24 Å². The molecule has 1 aliphatic heterocycles. The maximum atomic E-state index is 2.53. The molecule has 13 heavy (non-hydrogen) atoms. The highest BCUT2D eigenvalue weighted by Gasteiger charge is 2.61. The van der Waals surface area contributed by atoms with Crippen LogP contribution in [0.25, 0.3) is 0 Å². The van der Waals surface area contributed by atoms with Gasteiger partial charge in [0.2, 0.25) is 0 Å². The Bertz CT molecular complexity index is 204. The number of likely N-dealkylation sites (tertiary alicyclic amines) is 1. The Balaban J connectivity index is 2.05. The summed E-state index contributed by atoms with van der Waals surface area (Å²) in [5.41, 5.74) is 1.25. The molecule has 1 aliphatic carbocycles. The van der Waals surface area contributed by atoms with Crippen molar-refractivity contribution in [3.05, 3.63) is 0 Å². The highest BCUT2D eigenvalue weighted by Crippen LogP contribution is 2.65. The minimum absolute atomic E-state index is 0.533. The molecule has 0 N–H and O–H groups in total. The van der Waals surface area contributed by atoms with Gasteiger partial charge in [-0.2, -0.15) is 0 Å². The minimum Gasteiger partial charge on any atom is -0.303 e. The Morgan fingerprint density at radius 1 is 1.23 bits per heavy atom. The predicted molar refractivity (Wildman–Crippen MR) is 56.7 cm³/mol. The second-order valence-corrected chi connectivity index (χ2v) is 6.45. The Morgan fingerprint density at radius 3 is 2.15 bits per heavy atom. The van der Waals surface area contributed by atoms with Gasteiger partial charge in [-0.15, -0.1) is 0 Å². The summed E-state index contributed by atoms with van der Waals surface area (Å²) in [6.07, 6.45) is 2.91. The first-order chi connectivity index (χ1) is 5.85. The van der Waals surface area contributed by atoms with Gasteiger partial charge in [-0.1, -0.05) is 20.8 Å². The molecule has 2 rings (SSSR count). The van der Waals surface area contributed by atoms with E-state index in [-0.39, 0.29) is 0 Å². The first kappa shape index (κ1) is 9.51. The Hall–Kier alpha value is -0.0400. The van der Waals surface area contributed by atoms with Crippen LogP contribution < -0.4 is 0 Å². The smallest absolute Gasteiger partial charge is 0.00699 e. The number of nitrogens with zero attached hydrogens (tertiary/aromatic N) is 1. The van der Waals surface area contributed by atoms with Gasteiger partial charge in [-0.05, 0) is 43.6 Å². The summed E-state index contributed by atoms with van der Waals surface area (Å²) in [5.74, 6) is 0.979. The van der Waals surface area contributed by atoms with Crippen molar-refractivity contribution < 1.29 is 0 Å². The molecule has 1 heteroatoms. The van der Waals surface area contributed by atoms with Crippen LogP contribution in [0.2, 0.25) is 0 Å². The van der Waals surface area contributed by atoms with Crippen LogP contribution in [0.3, 0.4) is 0 Å². The van der Waals surface area contributed by atoms with Crippen LogP contribution >= 0.6 is 0 Å². The van der Waals surface area contributed by atoms with Gasteiger partial charge < -0.3 is 4.90 Å². The maximum Gasteiger partial charge on any atom is 0.00699 e. The highest BCUT2D eigenvalue weighted by molar-refractivity contribution is 5.12. The van der Waals surface area contributed by atoms with E-state index in [2.05, 4.69) is 39.6 Å². The molecule has 2 fully saturated rings. The molecule has 0 amide bonds. The standard InChI is InChI=1S/C12H23N/c1-9-6-12(8-13(9)5)7-10(12)11(2,3)4/h9-10H,6-8H2,1-5H3. The highest BCUT2D eigenvalue weighted by atomic mass is 15.2. The molecule has 2 aliphatic rings. The second-order valence-electron chi connectivity index (χ2n) is 6.45. The van der Waals surface area contributed by atoms with E-state index in [1.807, 2.05) is 0 Å². The summed E-state index contributed by atoms with van der Waals surface area (Å²) >= 11 is 0. The molecule has 3 atom stereocenters. The maximum absolute atomic E-state index is 2.53. The van der Waals surface area contributed by atoms with Gasteiger partial charge in [0.05, 0.1) is 0 Å². The Kier molecular flexibility index (Phi) is 1.83. The molecular weight excluding hydrogens is 158 g/mol. The summed E-state index contributed by atoms with van der Waals surface area (Å²) in [7, 11) is 2.28. The molecule has 1 heterocycles. The molecule has 0 aromatic carbocycles. The van der Waals surface area contributed by atoms with Crippen molar-refractivity contribution in [3.8, 4) is 0 Å². The van der Waals surface area contributed by atoms with Gasteiger partial charge in [0.15, 0.2) is 0 Å². The van der Waals surface area contributed by atoms with Crippen molar-refractivity contribution in [2.75, 3.05) is 13.6 Å². The first-order valence-electron chi connectivity index (χ1n) is 5.55. The van der Waals surface area contributed by atoms with Crippen molar-refractivity contribution in [1.82, 2.24) is 4.90 Å². The lowest BCUT2D eigenvalue weighted by Gasteiger charge is -2.21. The van der Waals surface area contributed by atoms with Crippen molar-refractivity contribution >= 4 is 0 Å². The van der Waals surface area contributed by atoms with Gasteiger partial charge in [-0.25, -0.2) is 0 Å². The lowest BCUT2D eigenvalue weighted by Crippen LogP contribution is -2.22. The van der Waals surface area contributed by atoms with E-state index in [1.54, 1.807) is 0 Å². The van der Waals surface area contributed by atoms with Gasteiger partial charge >= 0.3 is 0 Å². The quantitative estimate of drug-likeness (QED) is 0.555. The first-order valence-corrected chi connectivity index (χ1v) is 5.55. The normalized spacial score (nSPS) is 45.9. The van der Waals surface area contributed by atoms with Gasteiger partial charge in [0.1, 0.15) is 0 Å². The van der Waals surface area contributed by atoms with E-state index in [0.29, 0.717) is 10.8 Å². The zero-order valence-corrected chi connectivity index (χ0v) is 9.72. The van der Waals surface area contributed by atoms with E-state index in [0.717, 1.165) is 12.0 Å². The summed E-state index contributed by atoms with van der Waals surface area (Å²) in [5, 5.41) is 0. The van der Waals surface area contributed by atoms with Crippen LogP contribution in [0.1, 0.15) is 40.5 Å². The number of hydrogen-bond acceptors (Lipinski definition) is 1. The van der Waals surface area contributed by atoms with E-state index in [9.17, 15) is 0 Å². The van der Waals surface area contributed by atoms with Crippen molar-refractivity contribution in [2.45, 2.75) is 46.6 Å². The molecule has 0 aromatic rings. The van der Waals surface area contributed by atoms with Crippen LogP contribution in [0.15, 0.2) is 0 Å². The van der Waals surface area contributed by atoms with E-state index in [4.69, 9.17) is 0 Å². The van der Waals surface area contributed by atoms with Gasteiger partial charge in [-0.3, -0.25) is 0 Å². The molecule has 3 unspecified atom stereocenters. The van der Waals surface area contributed by atoms with E-state index >= 15 is 0 Å². The molecular formula is C12H23N. The van der Waals surface area contributed by atoms with E-state index < -0.39 is 0 Å². The average Bonchev–Trinajstić information content (AvgIpc) is 2.54. The van der Waals surface area contributed by atoms with Gasteiger partial charge in [0.25, 0.3) is 0 Å².